The minimum atomic E-state index is -4.35. The highest BCUT2D eigenvalue weighted by molar-refractivity contribution is 5.79. The van der Waals surface area contributed by atoms with Crippen molar-refractivity contribution in [1.29, 1.82) is 0 Å². The highest BCUT2D eigenvalue weighted by atomic mass is 19.4. The smallest absolute Gasteiger partial charge is 0.383 e. The quantitative estimate of drug-likeness (QED) is 0.839. The van der Waals surface area contributed by atoms with Gasteiger partial charge in [0.2, 0.25) is 0 Å². The van der Waals surface area contributed by atoms with Crippen molar-refractivity contribution < 1.29 is 13.2 Å². The van der Waals surface area contributed by atoms with Gasteiger partial charge in [0.05, 0.1) is 16.8 Å². The third-order valence-corrected chi connectivity index (χ3v) is 2.98. The van der Waals surface area contributed by atoms with Gasteiger partial charge in [-0.1, -0.05) is 0 Å². The van der Waals surface area contributed by atoms with Crippen LogP contribution in [0.15, 0.2) is 24.5 Å². The van der Waals surface area contributed by atoms with Crippen molar-refractivity contribution in [1.82, 2.24) is 14.5 Å². The molecule has 0 aliphatic heterocycles. The summed E-state index contributed by atoms with van der Waals surface area (Å²) in [4.78, 5) is 1.85. The van der Waals surface area contributed by atoms with Crippen LogP contribution in [0, 0.1) is 6.92 Å². The Kier molecular flexibility index (Phi) is 3.50. The summed E-state index contributed by atoms with van der Waals surface area (Å²) in [5, 5.41) is 4.25. The van der Waals surface area contributed by atoms with Crippen LogP contribution in [-0.2, 0) is 6.18 Å². The zero-order valence-electron chi connectivity index (χ0n) is 11.8. The van der Waals surface area contributed by atoms with Gasteiger partial charge in [-0.3, -0.25) is 0 Å². The van der Waals surface area contributed by atoms with E-state index in [1.807, 2.05) is 32.1 Å². The van der Waals surface area contributed by atoms with Crippen LogP contribution in [0.3, 0.4) is 0 Å². The normalized spacial score (nSPS) is 13.1. The summed E-state index contributed by atoms with van der Waals surface area (Å²) in [5.41, 5.74) is 2.13. The Morgan fingerprint density at radius 3 is 2.55 bits per heavy atom. The van der Waals surface area contributed by atoms with E-state index in [4.69, 9.17) is 0 Å². The highest BCUT2D eigenvalue weighted by Gasteiger charge is 2.31. The Balaban J connectivity index is 2.68. The topological polar surface area (TPSA) is 20.5 Å². The molecular formula is C14H16F3N3. The third-order valence-electron chi connectivity index (χ3n) is 2.98. The van der Waals surface area contributed by atoms with E-state index in [9.17, 15) is 13.2 Å². The van der Waals surface area contributed by atoms with Crippen molar-refractivity contribution in [3.63, 3.8) is 0 Å². The molecule has 108 valence electrons. The van der Waals surface area contributed by atoms with Gasteiger partial charge in [0.25, 0.3) is 0 Å². The Morgan fingerprint density at radius 1 is 1.35 bits per heavy atom. The molecule has 2 heterocycles. The summed E-state index contributed by atoms with van der Waals surface area (Å²) in [6, 6.07) is 2.18. The lowest BCUT2D eigenvalue weighted by molar-refractivity contribution is -0.137. The monoisotopic (exact) mass is 283 g/mol. The van der Waals surface area contributed by atoms with Crippen LogP contribution in [0.1, 0.15) is 23.7 Å². The molecule has 0 radical (unpaired) electrons. The second-order valence-corrected chi connectivity index (χ2v) is 4.98. The van der Waals surface area contributed by atoms with Gasteiger partial charge in [-0.05, 0) is 31.6 Å². The molecule has 3 nitrogen and oxygen atoms in total. The average Bonchev–Trinajstić information content (AvgIpc) is 2.61. The summed E-state index contributed by atoms with van der Waals surface area (Å²) in [6.07, 6.45) is -1.14. The number of allylic oxidation sites excluding steroid dienone is 1. The minimum Gasteiger partial charge on any atom is -0.383 e. The van der Waals surface area contributed by atoms with Crippen LogP contribution in [0.25, 0.3) is 11.1 Å². The maximum absolute atomic E-state index is 12.8. The van der Waals surface area contributed by atoms with Crippen LogP contribution < -0.4 is 0 Å². The third kappa shape index (κ3) is 2.64. The first-order valence-electron chi connectivity index (χ1n) is 6.11. The molecule has 0 spiro atoms. The maximum Gasteiger partial charge on any atom is 0.416 e. The molecule has 0 aliphatic carbocycles. The van der Waals surface area contributed by atoms with E-state index in [-0.39, 0.29) is 0 Å². The first-order valence-corrected chi connectivity index (χ1v) is 6.11. The second kappa shape index (κ2) is 4.85. The van der Waals surface area contributed by atoms with Crippen LogP contribution in [0.5, 0.6) is 0 Å². The summed E-state index contributed by atoms with van der Waals surface area (Å²) < 4.78 is 39.9. The number of nitrogens with zero attached hydrogens (tertiary/aromatic N) is 3. The summed E-state index contributed by atoms with van der Waals surface area (Å²) >= 11 is 0. The van der Waals surface area contributed by atoms with E-state index < -0.39 is 11.7 Å². The van der Waals surface area contributed by atoms with Gasteiger partial charge in [0, 0.05) is 32.1 Å². The predicted octanol–water partition coefficient (Wildman–Crippen LogP) is 3.58. The number of halogens is 3. The maximum atomic E-state index is 12.8. The summed E-state index contributed by atoms with van der Waals surface area (Å²) in [6.45, 7) is 3.66. The van der Waals surface area contributed by atoms with Gasteiger partial charge in [-0.2, -0.15) is 18.3 Å². The van der Waals surface area contributed by atoms with Crippen molar-refractivity contribution in [2.24, 2.45) is 0 Å². The van der Waals surface area contributed by atoms with Gasteiger partial charge in [-0.25, -0.2) is 4.52 Å². The average molecular weight is 283 g/mol. The van der Waals surface area contributed by atoms with E-state index in [2.05, 4.69) is 5.10 Å². The van der Waals surface area contributed by atoms with E-state index >= 15 is 0 Å². The molecule has 0 N–H and O–H groups in total. The van der Waals surface area contributed by atoms with E-state index in [1.165, 1.54) is 10.7 Å². The van der Waals surface area contributed by atoms with Gasteiger partial charge in [0.15, 0.2) is 0 Å². The number of hydrogen-bond acceptors (Lipinski definition) is 2. The first-order chi connectivity index (χ1) is 9.20. The zero-order chi connectivity index (χ0) is 15.1. The molecule has 0 atom stereocenters. The number of pyridine rings is 1. The summed E-state index contributed by atoms with van der Waals surface area (Å²) in [7, 11) is 3.73. The van der Waals surface area contributed by atoms with Crippen LogP contribution in [-0.4, -0.2) is 28.6 Å². The number of aromatic nitrogens is 2. The Labute approximate surface area is 115 Å². The number of aryl methyl sites for hydroxylation is 1. The predicted molar refractivity (Wildman–Crippen MR) is 72.3 cm³/mol. The lowest BCUT2D eigenvalue weighted by atomic mass is 10.1. The molecular weight excluding hydrogens is 267 g/mol. The lowest BCUT2D eigenvalue weighted by Gasteiger charge is -2.09. The number of hydrogen-bond donors (Lipinski definition) is 0. The molecule has 0 fully saturated rings. The Morgan fingerprint density at radius 2 is 2.00 bits per heavy atom. The van der Waals surface area contributed by atoms with Crippen molar-refractivity contribution in [2.75, 3.05) is 14.1 Å². The Hall–Kier alpha value is -1.98. The molecule has 0 bridgehead atoms. The molecule has 2 rings (SSSR count). The van der Waals surface area contributed by atoms with Gasteiger partial charge in [-0.15, -0.1) is 0 Å². The second-order valence-electron chi connectivity index (χ2n) is 4.98. The van der Waals surface area contributed by atoms with Crippen LogP contribution in [0.4, 0.5) is 13.2 Å². The van der Waals surface area contributed by atoms with Gasteiger partial charge in [0.1, 0.15) is 0 Å². The van der Waals surface area contributed by atoms with E-state index in [0.29, 0.717) is 11.2 Å². The van der Waals surface area contributed by atoms with Crippen LogP contribution >= 0.6 is 0 Å². The largest absolute Gasteiger partial charge is 0.416 e. The van der Waals surface area contributed by atoms with Crippen molar-refractivity contribution in [3.8, 4) is 0 Å². The molecule has 0 aromatic carbocycles. The SMILES string of the molecule is C/C(=C\N(C)C)c1c(C)nn2ccc(C(F)(F)F)cc12. The van der Waals surface area contributed by atoms with E-state index in [1.54, 1.807) is 6.92 Å². The molecule has 0 aliphatic rings. The molecule has 20 heavy (non-hydrogen) atoms. The highest BCUT2D eigenvalue weighted by Crippen LogP contribution is 2.32. The van der Waals surface area contributed by atoms with E-state index in [0.717, 1.165) is 23.3 Å². The molecule has 6 heteroatoms. The number of rotatable bonds is 2. The van der Waals surface area contributed by atoms with Gasteiger partial charge < -0.3 is 4.90 Å². The lowest BCUT2D eigenvalue weighted by Crippen LogP contribution is -2.06. The number of alkyl halides is 3. The molecule has 2 aromatic rings. The fourth-order valence-electron chi connectivity index (χ4n) is 2.28. The van der Waals surface area contributed by atoms with Crippen molar-refractivity contribution in [2.45, 2.75) is 20.0 Å². The fourth-order valence-corrected chi connectivity index (χ4v) is 2.28. The Bertz CT molecular complexity index is 666. The molecule has 2 aromatic heterocycles. The molecule has 0 amide bonds. The summed E-state index contributed by atoms with van der Waals surface area (Å²) in [5.74, 6) is 0. The minimum absolute atomic E-state index is 0.466. The van der Waals surface area contributed by atoms with Crippen molar-refractivity contribution in [3.05, 3.63) is 41.4 Å². The number of fused-ring (bicyclic) bond motifs is 1. The van der Waals surface area contributed by atoms with Gasteiger partial charge >= 0.3 is 6.18 Å². The molecule has 0 unspecified atom stereocenters. The fraction of sp³-hybridized carbons (Fsp3) is 0.357. The zero-order valence-corrected chi connectivity index (χ0v) is 11.8. The first kappa shape index (κ1) is 14.4. The molecule has 0 saturated heterocycles. The standard InChI is InChI=1S/C14H16F3N3/c1-9(8-19(3)4)13-10(2)18-20-6-5-11(7-12(13)20)14(15,16)17/h5-8H,1-4H3/b9-8+. The van der Waals surface area contributed by atoms with Crippen molar-refractivity contribution >= 4 is 11.1 Å². The van der Waals surface area contributed by atoms with Crippen LogP contribution in [0.2, 0.25) is 0 Å². The molecule has 0 saturated carbocycles.